The number of hydrogen-bond donors (Lipinski definition) is 3. The molecule has 128 valence electrons. The number of rotatable bonds is 4. The monoisotopic (exact) mass is 327 g/mol. The fourth-order valence-electron chi connectivity index (χ4n) is 2.34. The molecule has 1 aromatic heterocycles. The first kappa shape index (κ1) is 17.7. The quantitative estimate of drug-likeness (QED) is 0.591. The van der Waals surface area contributed by atoms with Crippen molar-refractivity contribution in [2.45, 2.75) is 32.9 Å². The van der Waals surface area contributed by atoms with E-state index in [0.29, 0.717) is 12.5 Å². The summed E-state index contributed by atoms with van der Waals surface area (Å²) in [4.78, 5) is 20.4. The van der Waals surface area contributed by atoms with E-state index < -0.39 is 0 Å². The molecular weight excluding hydrogens is 302 g/mol. The van der Waals surface area contributed by atoms with Gasteiger partial charge in [-0.05, 0) is 38.5 Å². The van der Waals surface area contributed by atoms with E-state index in [-0.39, 0.29) is 18.0 Å². The second-order valence-electron chi connectivity index (χ2n) is 6.56. The summed E-state index contributed by atoms with van der Waals surface area (Å²) in [6.07, 6.45) is 1.80. The Hall–Kier alpha value is -2.63. The molecule has 0 unspecified atom stereocenters. The van der Waals surface area contributed by atoms with Crippen LogP contribution in [-0.4, -0.2) is 36.0 Å². The van der Waals surface area contributed by atoms with Crippen molar-refractivity contribution in [2.75, 3.05) is 13.6 Å². The Morgan fingerprint density at radius 1 is 1.17 bits per heavy atom. The van der Waals surface area contributed by atoms with Crippen LogP contribution < -0.4 is 16.0 Å². The molecule has 1 amide bonds. The maximum Gasteiger partial charge on any atom is 0.239 e. The summed E-state index contributed by atoms with van der Waals surface area (Å²) < 4.78 is 0. The van der Waals surface area contributed by atoms with Crippen molar-refractivity contribution in [3.8, 4) is 0 Å². The van der Waals surface area contributed by atoms with Crippen LogP contribution >= 0.6 is 0 Å². The number of pyridine rings is 1. The zero-order valence-corrected chi connectivity index (χ0v) is 14.7. The minimum Gasteiger partial charge on any atom is -0.352 e. The first-order chi connectivity index (χ1) is 11.4. The second kappa shape index (κ2) is 7.77. The Labute approximate surface area is 142 Å². The number of nitrogens with one attached hydrogen (secondary N) is 3. The highest BCUT2D eigenvalue weighted by Gasteiger charge is 2.13. The highest BCUT2D eigenvalue weighted by molar-refractivity contribution is 5.87. The Morgan fingerprint density at radius 3 is 2.62 bits per heavy atom. The van der Waals surface area contributed by atoms with Crippen molar-refractivity contribution in [1.82, 2.24) is 20.9 Å². The normalized spacial score (nSPS) is 12.1. The highest BCUT2D eigenvalue weighted by atomic mass is 16.2. The molecular formula is C18H25N5O. The van der Waals surface area contributed by atoms with Crippen LogP contribution in [-0.2, 0) is 11.3 Å². The highest BCUT2D eigenvalue weighted by Crippen LogP contribution is 2.15. The lowest BCUT2D eigenvalue weighted by Gasteiger charge is -2.21. The van der Waals surface area contributed by atoms with Crippen molar-refractivity contribution < 1.29 is 4.79 Å². The van der Waals surface area contributed by atoms with Gasteiger partial charge in [0.15, 0.2) is 5.96 Å². The Bertz CT molecular complexity index is 728. The third-order valence-corrected chi connectivity index (χ3v) is 3.34. The van der Waals surface area contributed by atoms with E-state index in [2.05, 4.69) is 25.9 Å². The van der Waals surface area contributed by atoms with Crippen LogP contribution in [0.2, 0.25) is 0 Å². The summed E-state index contributed by atoms with van der Waals surface area (Å²) in [7, 11) is 1.68. The summed E-state index contributed by atoms with van der Waals surface area (Å²) >= 11 is 0. The van der Waals surface area contributed by atoms with Crippen LogP contribution in [0.1, 0.15) is 26.3 Å². The fourth-order valence-corrected chi connectivity index (χ4v) is 2.34. The van der Waals surface area contributed by atoms with Gasteiger partial charge < -0.3 is 16.0 Å². The Kier molecular flexibility index (Phi) is 5.73. The average molecular weight is 327 g/mol. The molecule has 0 bridgehead atoms. The molecule has 0 radical (unpaired) electrons. The summed E-state index contributed by atoms with van der Waals surface area (Å²) in [5, 5.41) is 10.3. The number of carbonyl (C=O) groups excluding carboxylic acids is 1. The van der Waals surface area contributed by atoms with Gasteiger partial charge >= 0.3 is 0 Å². The van der Waals surface area contributed by atoms with Crippen LogP contribution in [0.4, 0.5) is 0 Å². The molecule has 6 heteroatoms. The molecule has 24 heavy (non-hydrogen) atoms. The number of benzene rings is 1. The van der Waals surface area contributed by atoms with Gasteiger partial charge in [0.2, 0.25) is 5.91 Å². The third kappa shape index (κ3) is 5.22. The lowest BCUT2D eigenvalue weighted by atomic mass is 10.1. The van der Waals surface area contributed by atoms with Gasteiger partial charge in [-0.15, -0.1) is 0 Å². The number of amides is 1. The molecule has 0 spiro atoms. The number of carbonyl (C=O) groups is 1. The van der Waals surface area contributed by atoms with Gasteiger partial charge in [0.1, 0.15) is 0 Å². The zero-order valence-electron chi connectivity index (χ0n) is 14.7. The summed E-state index contributed by atoms with van der Waals surface area (Å²) in [5.41, 5.74) is 1.85. The molecule has 1 heterocycles. The topological polar surface area (TPSA) is 78.4 Å². The van der Waals surface area contributed by atoms with Gasteiger partial charge in [0.25, 0.3) is 0 Å². The maximum atomic E-state index is 11.9. The van der Waals surface area contributed by atoms with E-state index in [0.717, 1.165) is 16.5 Å². The van der Waals surface area contributed by atoms with E-state index in [9.17, 15) is 4.79 Å². The second-order valence-corrected chi connectivity index (χ2v) is 6.56. The van der Waals surface area contributed by atoms with Crippen molar-refractivity contribution in [1.29, 1.82) is 0 Å². The zero-order chi connectivity index (χ0) is 17.6. The number of fused-ring (bicyclic) bond motifs is 1. The average Bonchev–Trinajstić information content (AvgIpc) is 2.53. The molecule has 0 aliphatic rings. The molecule has 0 aliphatic carbocycles. The van der Waals surface area contributed by atoms with Crippen LogP contribution in [0.5, 0.6) is 0 Å². The van der Waals surface area contributed by atoms with Crippen LogP contribution in [0.15, 0.2) is 41.5 Å². The molecule has 3 N–H and O–H groups in total. The van der Waals surface area contributed by atoms with E-state index in [4.69, 9.17) is 0 Å². The van der Waals surface area contributed by atoms with E-state index in [1.165, 1.54) is 0 Å². The molecule has 0 saturated carbocycles. The van der Waals surface area contributed by atoms with Crippen LogP contribution in [0.25, 0.3) is 10.9 Å². The summed E-state index contributed by atoms with van der Waals surface area (Å²) in [5.74, 6) is 0.514. The largest absolute Gasteiger partial charge is 0.352 e. The summed E-state index contributed by atoms with van der Waals surface area (Å²) in [6.45, 7) is 6.63. The van der Waals surface area contributed by atoms with Gasteiger partial charge in [0.05, 0.1) is 12.1 Å². The van der Waals surface area contributed by atoms with E-state index in [1.54, 1.807) is 13.2 Å². The minimum atomic E-state index is -0.244. The number of aromatic nitrogens is 1. The van der Waals surface area contributed by atoms with Gasteiger partial charge in [-0.1, -0.05) is 18.2 Å². The SMILES string of the molecule is CN=C(NCC(=O)NC(C)(C)C)NCc1ccnc2ccccc12. The van der Waals surface area contributed by atoms with Crippen LogP contribution in [0.3, 0.4) is 0 Å². The molecule has 1 aromatic carbocycles. The number of hydrogen-bond acceptors (Lipinski definition) is 3. The molecule has 6 nitrogen and oxygen atoms in total. The number of guanidine groups is 1. The van der Waals surface area contributed by atoms with Crippen molar-refractivity contribution in [3.05, 3.63) is 42.1 Å². The Morgan fingerprint density at radius 2 is 1.92 bits per heavy atom. The van der Waals surface area contributed by atoms with Gasteiger partial charge in [-0.25, -0.2) is 0 Å². The standard InChI is InChI=1S/C18H25N5O/c1-18(2,3)23-16(24)12-22-17(19-4)21-11-13-9-10-20-15-8-6-5-7-14(13)15/h5-10H,11-12H2,1-4H3,(H,23,24)(H2,19,21,22). The van der Waals surface area contributed by atoms with Gasteiger partial charge in [0, 0.05) is 30.7 Å². The van der Waals surface area contributed by atoms with Crippen LogP contribution in [0, 0.1) is 0 Å². The predicted octanol–water partition coefficient (Wildman–Crippen LogP) is 1.81. The van der Waals surface area contributed by atoms with E-state index in [1.807, 2.05) is 51.1 Å². The number of aliphatic imine (C=N–C) groups is 1. The van der Waals surface area contributed by atoms with Crippen molar-refractivity contribution in [3.63, 3.8) is 0 Å². The molecule has 2 rings (SSSR count). The smallest absolute Gasteiger partial charge is 0.239 e. The molecule has 2 aromatic rings. The summed E-state index contributed by atoms with van der Waals surface area (Å²) in [6, 6.07) is 9.99. The van der Waals surface area contributed by atoms with Gasteiger partial charge in [-0.3, -0.25) is 14.8 Å². The number of nitrogens with zero attached hydrogens (tertiary/aromatic N) is 2. The first-order valence-electron chi connectivity index (χ1n) is 7.97. The fraction of sp³-hybridized carbons (Fsp3) is 0.389. The minimum absolute atomic E-state index is 0.0696. The lowest BCUT2D eigenvalue weighted by molar-refractivity contribution is -0.121. The lowest BCUT2D eigenvalue weighted by Crippen LogP contribution is -2.48. The molecule has 0 saturated heterocycles. The molecule has 0 aliphatic heterocycles. The van der Waals surface area contributed by atoms with Crippen molar-refractivity contribution in [2.24, 2.45) is 4.99 Å². The Balaban J connectivity index is 1.93. The number of para-hydroxylation sites is 1. The predicted molar refractivity (Wildman–Crippen MR) is 97.8 cm³/mol. The van der Waals surface area contributed by atoms with E-state index >= 15 is 0 Å². The first-order valence-corrected chi connectivity index (χ1v) is 7.97. The maximum absolute atomic E-state index is 11.9. The third-order valence-electron chi connectivity index (χ3n) is 3.34. The van der Waals surface area contributed by atoms with Gasteiger partial charge in [-0.2, -0.15) is 0 Å². The van der Waals surface area contributed by atoms with Crippen molar-refractivity contribution >= 4 is 22.8 Å². The molecule has 0 fully saturated rings. The molecule has 0 atom stereocenters.